The molecule has 0 saturated carbocycles. The summed E-state index contributed by atoms with van der Waals surface area (Å²) in [5.41, 5.74) is 2.58. The van der Waals surface area contributed by atoms with Crippen LogP contribution in [-0.4, -0.2) is 38.1 Å². The van der Waals surface area contributed by atoms with E-state index in [2.05, 4.69) is 15.6 Å². The molecule has 7 heteroatoms. The number of nitrogens with zero attached hydrogens (tertiary/aromatic N) is 2. The summed E-state index contributed by atoms with van der Waals surface area (Å²) in [6, 6.07) is 8.20. The number of nitrogens with one attached hydrogen (secondary N) is 2. The molecule has 1 aromatic carbocycles. The Morgan fingerprint density at radius 1 is 1.22 bits per heavy atom. The van der Waals surface area contributed by atoms with E-state index in [0.29, 0.717) is 0 Å². The summed E-state index contributed by atoms with van der Waals surface area (Å²) in [5.74, 6) is -0.571. The van der Waals surface area contributed by atoms with Crippen LogP contribution in [0.2, 0.25) is 5.02 Å². The Hall–Kier alpha value is -2.60. The number of carbonyl (C=O) groups is 2. The molecule has 6 nitrogen and oxygen atoms in total. The highest BCUT2D eigenvalue weighted by atomic mass is 35.5. The molecule has 0 aliphatic rings. The molecule has 1 aromatic heterocycles. The van der Waals surface area contributed by atoms with Crippen LogP contribution in [0.4, 0.5) is 10.5 Å². The fraction of sp³-hybridized carbons (Fsp3) is 0.188. The van der Waals surface area contributed by atoms with Crippen molar-refractivity contribution in [3.05, 3.63) is 47.1 Å². The molecule has 0 bridgehead atoms. The summed E-state index contributed by atoms with van der Waals surface area (Å²) in [6.45, 7) is 0. The molecule has 2 rings (SSSR count). The molecule has 0 aliphatic heterocycles. The van der Waals surface area contributed by atoms with Gasteiger partial charge in [0.05, 0.1) is 22.0 Å². The lowest BCUT2D eigenvalue weighted by Gasteiger charge is -2.17. The van der Waals surface area contributed by atoms with Crippen molar-refractivity contribution in [2.75, 3.05) is 26.0 Å². The van der Waals surface area contributed by atoms with Gasteiger partial charge in [0.15, 0.2) is 0 Å². The first kappa shape index (κ1) is 16.8. The Morgan fingerprint density at radius 3 is 2.61 bits per heavy atom. The maximum absolute atomic E-state index is 12.1. The zero-order valence-electron chi connectivity index (χ0n) is 13.1. The van der Waals surface area contributed by atoms with E-state index < -0.39 is 11.9 Å². The number of pyridine rings is 1. The first-order valence-corrected chi connectivity index (χ1v) is 7.27. The van der Waals surface area contributed by atoms with Gasteiger partial charge in [0.25, 0.3) is 5.91 Å². The van der Waals surface area contributed by atoms with Crippen LogP contribution in [0.1, 0.15) is 10.4 Å². The predicted octanol–water partition coefficient (Wildman–Crippen LogP) is 2.54. The van der Waals surface area contributed by atoms with E-state index in [1.807, 2.05) is 31.1 Å². The van der Waals surface area contributed by atoms with Crippen molar-refractivity contribution < 1.29 is 9.59 Å². The monoisotopic (exact) mass is 332 g/mol. The number of carbonyl (C=O) groups excluding carboxylic acids is 2. The Bertz CT molecular complexity index is 747. The Morgan fingerprint density at radius 2 is 1.96 bits per heavy atom. The lowest BCUT2D eigenvalue weighted by molar-refractivity contribution is 0.0964. The Kier molecular flexibility index (Phi) is 5.18. The van der Waals surface area contributed by atoms with Crippen molar-refractivity contribution in [2.24, 2.45) is 0 Å². The number of aromatic nitrogens is 1. The van der Waals surface area contributed by atoms with Gasteiger partial charge in [-0.15, -0.1) is 0 Å². The molecule has 120 valence electrons. The zero-order chi connectivity index (χ0) is 17.0. The fourth-order valence-corrected chi connectivity index (χ4v) is 2.26. The molecule has 0 unspecified atom stereocenters. The van der Waals surface area contributed by atoms with Gasteiger partial charge in [0.1, 0.15) is 0 Å². The number of hydrogen-bond acceptors (Lipinski definition) is 4. The van der Waals surface area contributed by atoms with Crippen molar-refractivity contribution in [3.8, 4) is 11.3 Å². The summed E-state index contributed by atoms with van der Waals surface area (Å²) in [6.07, 6.45) is 1.68. The summed E-state index contributed by atoms with van der Waals surface area (Å²) in [5, 5.41) is 4.78. The van der Waals surface area contributed by atoms with Crippen LogP contribution in [0.15, 0.2) is 36.5 Å². The smallest absolute Gasteiger partial charge is 0.321 e. The van der Waals surface area contributed by atoms with E-state index in [4.69, 9.17) is 11.6 Å². The number of halogens is 1. The van der Waals surface area contributed by atoms with Crippen LogP contribution >= 0.6 is 11.6 Å². The van der Waals surface area contributed by atoms with Gasteiger partial charge < -0.3 is 10.2 Å². The van der Waals surface area contributed by atoms with E-state index in [9.17, 15) is 9.59 Å². The maximum atomic E-state index is 12.1. The van der Waals surface area contributed by atoms with Crippen molar-refractivity contribution in [1.29, 1.82) is 0 Å². The third kappa shape index (κ3) is 3.78. The lowest BCUT2D eigenvalue weighted by atomic mass is 10.1. The predicted molar refractivity (Wildman–Crippen MR) is 90.9 cm³/mol. The van der Waals surface area contributed by atoms with E-state index >= 15 is 0 Å². The molecule has 1 heterocycles. The van der Waals surface area contributed by atoms with Crippen LogP contribution in [0.25, 0.3) is 11.3 Å². The SMILES string of the molecule is CNC(=O)NC(=O)c1cc(-c2ncccc2N(C)C)ccc1Cl. The molecule has 0 fully saturated rings. The Labute approximate surface area is 139 Å². The number of anilines is 1. The average molecular weight is 333 g/mol. The number of hydrogen-bond donors (Lipinski definition) is 2. The summed E-state index contributed by atoms with van der Waals surface area (Å²) in [4.78, 5) is 29.8. The number of benzene rings is 1. The number of amides is 3. The van der Waals surface area contributed by atoms with Crippen LogP contribution in [0.3, 0.4) is 0 Å². The molecule has 0 saturated heterocycles. The first-order chi connectivity index (χ1) is 10.9. The largest absolute Gasteiger partial charge is 0.376 e. The minimum absolute atomic E-state index is 0.211. The second-order valence-corrected chi connectivity index (χ2v) is 5.40. The molecule has 0 radical (unpaired) electrons. The topological polar surface area (TPSA) is 74.3 Å². The molecular formula is C16H17ClN4O2. The number of rotatable bonds is 3. The number of urea groups is 1. The third-order valence-electron chi connectivity index (χ3n) is 3.21. The molecule has 23 heavy (non-hydrogen) atoms. The van der Waals surface area contributed by atoms with Gasteiger partial charge in [-0.25, -0.2) is 4.79 Å². The average Bonchev–Trinajstić information content (AvgIpc) is 2.55. The molecule has 0 atom stereocenters. The second kappa shape index (κ2) is 7.11. The highest BCUT2D eigenvalue weighted by molar-refractivity contribution is 6.34. The molecular weight excluding hydrogens is 316 g/mol. The van der Waals surface area contributed by atoms with Crippen LogP contribution < -0.4 is 15.5 Å². The zero-order valence-corrected chi connectivity index (χ0v) is 13.8. The van der Waals surface area contributed by atoms with Gasteiger partial charge in [-0.1, -0.05) is 17.7 Å². The summed E-state index contributed by atoms with van der Waals surface area (Å²) < 4.78 is 0. The summed E-state index contributed by atoms with van der Waals surface area (Å²) >= 11 is 6.08. The molecule has 2 aromatic rings. The first-order valence-electron chi connectivity index (χ1n) is 6.89. The summed E-state index contributed by atoms with van der Waals surface area (Å²) in [7, 11) is 5.25. The van der Waals surface area contributed by atoms with Gasteiger partial charge in [0, 0.05) is 32.9 Å². The van der Waals surface area contributed by atoms with E-state index in [-0.39, 0.29) is 10.6 Å². The van der Waals surface area contributed by atoms with Gasteiger partial charge >= 0.3 is 6.03 Å². The standard InChI is InChI=1S/C16H17ClN4O2/c1-18-16(23)20-15(22)11-9-10(6-7-12(11)17)14-13(21(2)3)5-4-8-19-14/h4-9H,1-3H3,(H2,18,20,22,23). The quantitative estimate of drug-likeness (QED) is 0.905. The molecule has 0 spiro atoms. The van der Waals surface area contributed by atoms with Gasteiger partial charge in [0.2, 0.25) is 0 Å². The normalized spacial score (nSPS) is 10.1. The van der Waals surface area contributed by atoms with Gasteiger partial charge in [-0.05, 0) is 24.3 Å². The minimum atomic E-state index is -0.594. The molecule has 0 aliphatic carbocycles. The van der Waals surface area contributed by atoms with E-state index in [1.54, 1.807) is 24.4 Å². The van der Waals surface area contributed by atoms with Crippen LogP contribution in [0.5, 0.6) is 0 Å². The highest BCUT2D eigenvalue weighted by Crippen LogP contribution is 2.30. The Balaban J connectivity index is 2.45. The van der Waals surface area contributed by atoms with Crippen molar-refractivity contribution >= 4 is 29.2 Å². The third-order valence-corrected chi connectivity index (χ3v) is 3.54. The second-order valence-electron chi connectivity index (χ2n) is 4.99. The van der Waals surface area contributed by atoms with Crippen molar-refractivity contribution in [3.63, 3.8) is 0 Å². The van der Waals surface area contributed by atoms with Gasteiger partial charge in [-0.3, -0.25) is 15.1 Å². The fourth-order valence-electron chi connectivity index (χ4n) is 2.06. The van der Waals surface area contributed by atoms with E-state index in [0.717, 1.165) is 16.9 Å². The highest BCUT2D eigenvalue weighted by Gasteiger charge is 2.16. The molecule has 2 N–H and O–H groups in total. The lowest BCUT2D eigenvalue weighted by Crippen LogP contribution is -2.37. The number of imide groups is 1. The minimum Gasteiger partial charge on any atom is -0.376 e. The van der Waals surface area contributed by atoms with Crippen LogP contribution in [-0.2, 0) is 0 Å². The van der Waals surface area contributed by atoms with Crippen molar-refractivity contribution in [1.82, 2.24) is 15.6 Å². The molecule has 3 amide bonds. The van der Waals surface area contributed by atoms with Gasteiger partial charge in [-0.2, -0.15) is 0 Å². The van der Waals surface area contributed by atoms with Crippen LogP contribution in [0, 0.1) is 0 Å². The van der Waals surface area contributed by atoms with Crippen molar-refractivity contribution in [2.45, 2.75) is 0 Å². The maximum Gasteiger partial charge on any atom is 0.321 e. The van der Waals surface area contributed by atoms with E-state index in [1.165, 1.54) is 7.05 Å².